The van der Waals surface area contributed by atoms with Crippen molar-refractivity contribution in [1.82, 2.24) is 14.8 Å². The van der Waals surface area contributed by atoms with Gasteiger partial charge < -0.3 is 19.5 Å². The molecule has 1 spiro atoms. The van der Waals surface area contributed by atoms with Crippen molar-refractivity contribution in [3.8, 4) is 0 Å². The van der Waals surface area contributed by atoms with Crippen LogP contribution in [0.5, 0.6) is 0 Å². The molecular formula is C15H23N3O2. The highest BCUT2D eigenvalue weighted by Gasteiger charge is 2.45. The van der Waals surface area contributed by atoms with Gasteiger partial charge in [-0.15, -0.1) is 0 Å². The van der Waals surface area contributed by atoms with Gasteiger partial charge in [-0.2, -0.15) is 0 Å². The molecule has 0 radical (unpaired) electrons. The SMILES string of the molecule is CC(C)(C)OC(=O)N1CC[C@@]2(C1)NCCn1cccc12. The maximum Gasteiger partial charge on any atom is 0.410 e. The van der Waals surface area contributed by atoms with E-state index in [1.165, 1.54) is 5.69 Å². The van der Waals surface area contributed by atoms with E-state index in [1.807, 2.05) is 25.7 Å². The van der Waals surface area contributed by atoms with Gasteiger partial charge in [0.2, 0.25) is 0 Å². The van der Waals surface area contributed by atoms with Gasteiger partial charge in [-0.3, -0.25) is 0 Å². The quantitative estimate of drug-likeness (QED) is 0.788. The summed E-state index contributed by atoms with van der Waals surface area (Å²) in [5.74, 6) is 0. The van der Waals surface area contributed by atoms with Crippen molar-refractivity contribution < 1.29 is 9.53 Å². The molecule has 5 heteroatoms. The number of likely N-dealkylation sites (tertiary alicyclic amines) is 1. The fourth-order valence-corrected chi connectivity index (χ4v) is 3.20. The molecule has 2 aliphatic rings. The molecule has 5 nitrogen and oxygen atoms in total. The predicted octanol–water partition coefficient (Wildman–Crippen LogP) is 1.93. The van der Waals surface area contributed by atoms with E-state index in [0.29, 0.717) is 6.54 Å². The fourth-order valence-electron chi connectivity index (χ4n) is 3.20. The van der Waals surface area contributed by atoms with Crippen molar-refractivity contribution in [1.29, 1.82) is 0 Å². The highest BCUT2D eigenvalue weighted by molar-refractivity contribution is 5.69. The number of aromatic nitrogens is 1. The zero-order chi connectivity index (χ0) is 14.4. The Balaban J connectivity index is 1.76. The topological polar surface area (TPSA) is 46.5 Å². The zero-order valence-electron chi connectivity index (χ0n) is 12.5. The Morgan fingerprint density at radius 2 is 2.20 bits per heavy atom. The van der Waals surface area contributed by atoms with E-state index in [9.17, 15) is 4.79 Å². The molecule has 1 fully saturated rings. The first-order valence-corrected chi connectivity index (χ1v) is 7.28. The smallest absolute Gasteiger partial charge is 0.410 e. The van der Waals surface area contributed by atoms with Crippen LogP contribution in [0.3, 0.4) is 0 Å². The van der Waals surface area contributed by atoms with E-state index in [-0.39, 0.29) is 11.6 Å². The largest absolute Gasteiger partial charge is 0.444 e. The van der Waals surface area contributed by atoms with Crippen LogP contribution < -0.4 is 5.32 Å². The minimum Gasteiger partial charge on any atom is -0.444 e. The van der Waals surface area contributed by atoms with Crippen LogP contribution >= 0.6 is 0 Å². The van der Waals surface area contributed by atoms with E-state index < -0.39 is 5.60 Å². The van der Waals surface area contributed by atoms with Gasteiger partial charge in [0.15, 0.2) is 0 Å². The summed E-state index contributed by atoms with van der Waals surface area (Å²) >= 11 is 0. The maximum atomic E-state index is 12.2. The number of nitrogens with zero attached hydrogens (tertiary/aromatic N) is 2. The molecule has 0 bridgehead atoms. The first-order chi connectivity index (χ1) is 9.40. The van der Waals surface area contributed by atoms with E-state index in [0.717, 1.165) is 26.1 Å². The van der Waals surface area contributed by atoms with E-state index in [4.69, 9.17) is 4.74 Å². The number of nitrogens with one attached hydrogen (secondary N) is 1. The third-order valence-corrected chi connectivity index (χ3v) is 4.06. The minimum atomic E-state index is -0.437. The van der Waals surface area contributed by atoms with Gasteiger partial charge in [0.25, 0.3) is 0 Å². The highest BCUT2D eigenvalue weighted by Crippen LogP contribution is 2.34. The normalized spacial score (nSPS) is 25.9. The van der Waals surface area contributed by atoms with E-state index in [2.05, 4.69) is 28.2 Å². The molecule has 1 aromatic rings. The van der Waals surface area contributed by atoms with Crippen LogP contribution in [0.4, 0.5) is 4.79 Å². The summed E-state index contributed by atoms with van der Waals surface area (Å²) in [6, 6.07) is 4.24. The highest BCUT2D eigenvalue weighted by atomic mass is 16.6. The van der Waals surface area contributed by atoms with Gasteiger partial charge in [-0.1, -0.05) is 0 Å². The second-order valence-corrected chi connectivity index (χ2v) is 6.75. The second-order valence-electron chi connectivity index (χ2n) is 6.75. The summed E-state index contributed by atoms with van der Waals surface area (Å²) in [6.07, 6.45) is 2.85. The van der Waals surface area contributed by atoms with Crippen LogP contribution in [0.25, 0.3) is 0 Å². The molecule has 20 heavy (non-hydrogen) atoms. The number of ether oxygens (including phenoxy) is 1. The van der Waals surface area contributed by atoms with E-state index >= 15 is 0 Å². The Labute approximate surface area is 119 Å². The lowest BCUT2D eigenvalue weighted by Gasteiger charge is -2.36. The van der Waals surface area contributed by atoms with E-state index in [1.54, 1.807) is 0 Å². The van der Waals surface area contributed by atoms with Gasteiger partial charge in [0.05, 0.1) is 5.54 Å². The molecule has 2 aliphatic heterocycles. The Kier molecular flexibility index (Phi) is 3.05. The minimum absolute atomic E-state index is 0.0986. The summed E-state index contributed by atoms with van der Waals surface area (Å²) in [4.78, 5) is 14.0. The number of fused-ring (bicyclic) bond motifs is 2. The second kappa shape index (κ2) is 4.52. The van der Waals surface area contributed by atoms with Gasteiger partial charge in [-0.25, -0.2) is 4.79 Å². The Morgan fingerprint density at radius 1 is 1.40 bits per heavy atom. The Morgan fingerprint density at radius 3 is 2.95 bits per heavy atom. The lowest BCUT2D eigenvalue weighted by Crippen LogP contribution is -2.51. The molecule has 3 heterocycles. The molecule has 1 amide bonds. The number of carbonyl (C=O) groups is 1. The standard InChI is InChI=1S/C15H23N3O2/c1-14(2,3)20-13(19)18-9-6-15(11-18)12-5-4-8-17(12)10-7-16-15/h4-5,8,16H,6-7,9-11H2,1-3H3/t15-/m0/s1. The van der Waals surface area contributed by atoms with Gasteiger partial charge in [-0.05, 0) is 39.3 Å². The lowest BCUT2D eigenvalue weighted by atomic mass is 9.92. The number of rotatable bonds is 0. The van der Waals surface area contributed by atoms with Crippen molar-refractivity contribution >= 4 is 6.09 Å². The molecule has 1 aromatic heterocycles. The predicted molar refractivity (Wildman–Crippen MR) is 76.5 cm³/mol. The van der Waals surface area contributed by atoms with Crippen molar-refractivity contribution in [2.24, 2.45) is 0 Å². The maximum absolute atomic E-state index is 12.2. The summed E-state index contributed by atoms with van der Waals surface area (Å²) in [6.45, 7) is 9.08. The number of amides is 1. The van der Waals surface area contributed by atoms with Crippen LogP contribution in [0.2, 0.25) is 0 Å². The molecule has 0 aromatic carbocycles. The van der Waals surface area contributed by atoms with Crippen LogP contribution in [-0.2, 0) is 16.8 Å². The van der Waals surface area contributed by atoms with Crippen molar-refractivity contribution in [2.75, 3.05) is 19.6 Å². The van der Waals surface area contributed by atoms with Gasteiger partial charge >= 0.3 is 6.09 Å². The number of hydrogen-bond acceptors (Lipinski definition) is 3. The Hall–Kier alpha value is -1.49. The molecule has 1 N–H and O–H groups in total. The molecule has 110 valence electrons. The molecule has 1 atom stereocenters. The van der Waals surface area contributed by atoms with Crippen LogP contribution in [-0.4, -0.2) is 40.8 Å². The lowest BCUT2D eigenvalue weighted by molar-refractivity contribution is 0.0277. The fraction of sp³-hybridized carbons (Fsp3) is 0.667. The molecular weight excluding hydrogens is 254 g/mol. The van der Waals surface area contributed by atoms with Gasteiger partial charge in [0.1, 0.15) is 5.60 Å². The molecule has 1 saturated heterocycles. The molecule has 0 aliphatic carbocycles. The number of hydrogen-bond donors (Lipinski definition) is 1. The molecule has 3 rings (SSSR count). The van der Waals surface area contributed by atoms with Crippen molar-refractivity contribution in [3.63, 3.8) is 0 Å². The average Bonchev–Trinajstić information content (AvgIpc) is 2.95. The average molecular weight is 277 g/mol. The summed E-state index contributed by atoms with van der Waals surface area (Å²) < 4.78 is 7.76. The van der Waals surface area contributed by atoms with Crippen molar-refractivity contribution in [3.05, 3.63) is 24.0 Å². The first kappa shape index (κ1) is 13.5. The Bertz CT molecular complexity index is 517. The third-order valence-electron chi connectivity index (χ3n) is 4.06. The first-order valence-electron chi connectivity index (χ1n) is 7.28. The summed E-state index contributed by atoms with van der Waals surface area (Å²) in [5, 5.41) is 3.61. The monoisotopic (exact) mass is 277 g/mol. The number of carbonyl (C=O) groups excluding carboxylic acids is 1. The van der Waals surface area contributed by atoms with Crippen LogP contribution in [0.15, 0.2) is 18.3 Å². The van der Waals surface area contributed by atoms with Crippen LogP contribution in [0.1, 0.15) is 32.9 Å². The summed E-state index contributed by atoms with van der Waals surface area (Å²) in [7, 11) is 0. The summed E-state index contributed by atoms with van der Waals surface area (Å²) in [5.41, 5.74) is 0.751. The molecule has 0 unspecified atom stereocenters. The molecule has 0 saturated carbocycles. The van der Waals surface area contributed by atoms with Crippen LogP contribution in [0, 0.1) is 0 Å². The van der Waals surface area contributed by atoms with Crippen molar-refractivity contribution in [2.45, 2.75) is 44.9 Å². The van der Waals surface area contributed by atoms with Gasteiger partial charge in [0, 0.05) is 38.1 Å². The zero-order valence-corrected chi connectivity index (χ0v) is 12.5. The third kappa shape index (κ3) is 2.30.